The van der Waals surface area contributed by atoms with Crippen molar-refractivity contribution in [3.8, 4) is 0 Å². The molecule has 2 aromatic heterocycles. The van der Waals surface area contributed by atoms with E-state index in [2.05, 4.69) is 22.5 Å². The van der Waals surface area contributed by atoms with Gasteiger partial charge in [-0.25, -0.2) is 4.79 Å². The van der Waals surface area contributed by atoms with Gasteiger partial charge in [-0.05, 0) is 55.5 Å². The Hall–Kier alpha value is -2.92. The highest BCUT2D eigenvalue weighted by Crippen LogP contribution is 2.43. The van der Waals surface area contributed by atoms with Crippen LogP contribution in [0.1, 0.15) is 35.1 Å². The van der Waals surface area contributed by atoms with Crippen LogP contribution >= 0.6 is 0 Å². The van der Waals surface area contributed by atoms with Gasteiger partial charge in [0.2, 0.25) is 5.76 Å². The van der Waals surface area contributed by atoms with Crippen LogP contribution in [0.25, 0.3) is 10.9 Å². The molecule has 0 amide bonds. The fourth-order valence-corrected chi connectivity index (χ4v) is 4.98. The van der Waals surface area contributed by atoms with E-state index in [9.17, 15) is 4.79 Å². The fourth-order valence-electron chi connectivity index (χ4n) is 4.98. The number of hydrogen-bond donors (Lipinski definition) is 0. The Morgan fingerprint density at radius 1 is 1.28 bits per heavy atom. The highest BCUT2D eigenvalue weighted by molar-refractivity contribution is 5.87. The molecule has 29 heavy (non-hydrogen) atoms. The van der Waals surface area contributed by atoms with Crippen molar-refractivity contribution in [2.75, 3.05) is 13.1 Å². The van der Waals surface area contributed by atoms with Gasteiger partial charge in [-0.3, -0.25) is 9.88 Å². The lowest BCUT2D eigenvalue weighted by Crippen LogP contribution is -2.55. The number of fused-ring (bicyclic) bond motifs is 4. The molecule has 5 heterocycles. The zero-order valence-corrected chi connectivity index (χ0v) is 16.2. The van der Waals surface area contributed by atoms with Crippen LogP contribution in [0.3, 0.4) is 0 Å². The smallest absolute Gasteiger partial charge is 0.374 e. The van der Waals surface area contributed by atoms with Crippen LogP contribution in [0.15, 0.2) is 72.0 Å². The number of rotatable bonds is 5. The number of piperidine rings is 3. The molecular weight excluding hydrogens is 364 g/mol. The van der Waals surface area contributed by atoms with E-state index in [0.29, 0.717) is 11.8 Å². The third kappa shape index (κ3) is 3.25. The van der Waals surface area contributed by atoms with Crippen molar-refractivity contribution in [3.63, 3.8) is 0 Å². The molecule has 5 nitrogen and oxygen atoms in total. The summed E-state index contributed by atoms with van der Waals surface area (Å²) >= 11 is 0. The number of esters is 1. The van der Waals surface area contributed by atoms with E-state index in [4.69, 9.17) is 9.15 Å². The molecule has 6 rings (SSSR count). The highest BCUT2D eigenvalue weighted by atomic mass is 16.6. The molecule has 3 aromatic rings. The standard InChI is InChI=1S/C24H24N2O3/c1-2-16-15-26-12-10-17(16)14-21(26)23(29-24(27)22-8-5-13-28-22)19-9-11-25-20-7-4-3-6-18(19)20/h2-9,11,13,16-17,21,23H,1,10,12,14-15H2/t16-,17+,21-,23-/m1/s1. The second kappa shape index (κ2) is 7.48. The van der Waals surface area contributed by atoms with Crippen molar-refractivity contribution in [3.05, 3.63) is 78.9 Å². The van der Waals surface area contributed by atoms with Gasteiger partial charge in [-0.15, -0.1) is 6.58 Å². The second-order valence-electron chi connectivity index (χ2n) is 7.97. The quantitative estimate of drug-likeness (QED) is 0.471. The molecule has 3 aliphatic rings. The number of benzene rings is 1. The summed E-state index contributed by atoms with van der Waals surface area (Å²) < 4.78 is 11.4. The van der Waals surface area contributed by atoms with E-state index in [1.165, 1.54) is 12.7 Å². The first kappa shape index (κ1) is 18.1. The minimum atomic E-state index is -0.427. The van der Waals surface area contributed by atoms with Gasteiger partial charge in [0, 0.05) is 23.7 Å². The molecule has 0 radical (unpaired) electrons. The first-order chi connectivity index (χ1) is 14.2. The summed E-state index contributed by atoms with van der Waals surface area (Å²) in [5.41, 5.74) is 1.91. The van der Waals surface area contributed by atoms with Crippen LogP contribution < -0.4 is 0 Å². The number of carbonyl (C=O) groups excluding carboxylic acids is 1. The van der Waals surface area contributed by atoms with Crippen molar-refractivity contribution < 1.29 is 13.9 Å². The van der Waals surface area contributed by atoms with Crippen molar-refractivity contribution in [1.29, 1.82) is 0 Å². The number of pyridine rings is 1. The SMILES string of the molecule is C=C[C@@H]1CN2CC[C@H]1C[C@@H]2[C@H](OC(=O)c1ccco1)c1ccnc2ccccc12. The predicted molar refractivity (Wildman–Crippen MR) is 110 cm³/mol. The van der Waals surface area contributed by atoms with Crippen LogP contribution in [0, 0.1) is 11.8 Å². The lowest BCUT2D eigenvalue weighted by molar-refractivity contribution is -0.0578. The summed E-state index contributed by atoms with van der Waals surface area (Å²) in [7, 11) is 0. The number of para-hydroxylation sites is 1. The van der Waals surface area contributed by atoms with E-state index in [1.807, 2.05) is 30.3 Å². The zero-order chi connectivity index (χ0) is 19.8. The Balaban J connectivity index is 1.55. The summed E-state index contributed by atoms with van der Waals surface area (Å²) in [6.45, 7) is 6.02. The van der Waals surface area contributed by atoms with Gasteiger partial charge in [0.15, 0.2) is 0 Å². The summed E-state index contributed by atoms with van der Waals surface area (Å²) in [4.78, 5) is 19.8. The van der Waals surface area contributed by atoms with Crippen molar-refractivity contribution in [2.24, 2.45) is 11.8 Å². The number of hydrogen-bond acceptors (Lipinski definition) is 5. The average molecular weight is 388 g/mol. The Kier molecular flexibility index (Phi) is 4.68. The van der Waals surface area contributed by atoms with Crippen LogP contribution in [-0.4, -0.2) is 35.0 Å². The first-order valence-corrected chi connectivity index (χ1v) is 10.2. The number of aromatic nitrogens is 1. The van der Waals surface area contributed by atoms with E-state index in [0.717, 1.165) is 36.0 Å². The molecule has 2 bridgehead atoms. The van der Waals surface area contributed by atoms with E-state index >= 15 is 0 Å². The Bertz CT molecular complexity index is 1020. The summed E-state index contributed by atoms with van der Waals surface area (Å²) in [5.74, 6) is 0.896. The normalized spacial score (nSPS) is 26.9. The van der Waals surface area contributed by atoms with Crippen molar-refractivity contribution >= 4 is 16.9 Å². The number of ether oxygens (including phenoxy) is 1. The molecular formula is C24H24N2O3. The topological polar surface area (TPSA) is 55.6 Å². The van der Waals surface area contributed by atoms with Crippen molar-refractivity contribution in [2.45, 2.75) is 25.0 Å². The number of furan rings is 1. The van der Waals surface area contributed by atoms with Gasteiger partial charge in [0.05, 0.1) is 17.8 Å². The highest BCUT2D eigenvalue weighted by Gasteiger charge is 2.44. The van der Waals surface area contributed by atoms with Crippen LogP contribution in [0.5, 0.6) is 0 Å². The van der Waals surface area contributed by atoms with Gasteiger partial charge < -0.3 is 9.15 Å². The Morgan fingerprint density at radius 3 is 2.93 bits per heavy atom. The molecule has 3 saturated heterocycles. The molecule has 0 N–H and O–H groups in total. The summed E-state index contributed by atoms with van der Waals surface area (Å²) in [6.07, 6.45) is 7.16. The number of carbonyl (C=O) groups is 1. The van der Waals surface area contributed by atoms with Gasteiger partial charge >= 0.3 is 5.97 Å². The van der Waals surface area contributed by atoms with E-state index < -0.39 is 5.97 Å². The molecule has 0 saturated carbocycles. The molecule has 3 fully saturated rings. The third-order valence-corrected chi connectivity index (χ3v) is 6.45. The predicted octanol–water partition coefficient (Wildman–Crippen LogP) is 4.62. The Labute approximate surface area is 170 Å². The Morgan fingerprint density at radius 2 is 2.17 bits per heavy atom. The third-order valence-electron chi connectivity index (χ3n) is 6.45. The zero-order valence-electron chi connectivity index (χ0n) is 16.2. The van der Waals surface area contributed by atoms with E-state index in [1.54, 1.807) is 18.3 Å². The fraction of sp³-hybridized carbons (Fsp3) is 0.333. The molecule has 5 heteroatoms. The maximum absolute atomic E-state index is 12.8. The van der Waals surface area contributed by atoms with Crippen LogP contribution in [0.2, 0.25) is 0 Å². The maximum Gasteiger partial charge on any atom is 0.374 e. The van der Waals surface area contributed by atoms with Crippen molar-refractivity contribution in [1.82, 2.24) is 9.88 Å². The molecule has 148 valence electrons. The second-order valence-corrected chi connectivity index (χ2v) is 7.97. The van der Waals surface area contributed by atoms with Crippen LogP contribution in [-0.2, 0) is 4.74 Å². The van der Waals surface area contributed by atoms with Gasteiger partial charge in [-0.1, -0.05) is 24.3 Å². The lowest BCUT2D eigenvalue weighted by Gasteiger charge is -2.51. The molecule has 0 spiro atoms. The molecule has 5 atom stereocenters. The van der Waals surface area contributed by atoms with Crippen LogP contribution in [0.4, 0.5) is 0 Å². The van der Waals surface area contributed by atoms with Gasteiger partial charge in [-0.2, -0.15) is 0 Å². The number of nitrogens with zero attached hydrogens (tertiary/aromatic N) is 2. The molecule has 1 aromatic carbocycles. The minimum absolute atomic E-state index is 0.134. The van der Waals surface area contributed by atoms with Gasteiger partial charge in [0.25, 0.3) is 0 Å². The molecule has 1 unspecified atom stereocenters. The molecule has 3 aliphatic heterocycles. The first-order valence-electron chi connectivity index (χ1n) is 10.2. The molecule has 0 aliphatic carbocycles. The maximum atomic E-state index is 12.8. The average Bonchev–Trinajstić information content (AvgIpc) is 3.32. The monoisotopic (exact) mass is 388 g/mol. The van der Waals surface area contributed by atoms with E-state index in [-0.39, 0.29) is 17.9 Å². The summed E-state index contributed by atoms with van der Waals surface area (Å²) in [6, 6.07) is 13.5. The van der Waals surface area contributed by atoms with Gasteiger partial charge in [0.1, 0.15) is 6.10 Å². The largest absolute Gasteiger partial charge is 0.457 e. The summed E-state index contributed by atoms with van der Waals surface area (Å²) in [5, 5.41) is 1.02. The lowest BCUT2D eigenvalue weighted by atomic mass is 9.73. The minimum Gasteiger partial charge on any atom is -0.457 e.